The van der Waals surface area contributed by atoms with Crippen LogP contribution in [-0.4, -0.2) is 10.2 Å². The molecule has 0 aliphatic carbocycles. The van der Waals surface area contributed by atoms with Crippen LogP contribution in [0.15, 0.2) is 40.8 Å². The molecule has 3 nitrogen and oxygen atoms in total. The summed E-state index contributed by atoms with van der Waals surface area (Å²) in [5.41, 5.74) is -1.10. The smallest absolute Gasteiger partial charge is 0.254 e. The highest BCUT2D eigenvalue weighted by Gasteiger charge is 2.21. The van der Waals surface area contributed by atoms with Gasteiger partial charge < -0.3 is 4.42 Å². The molecule has 0 atom stereocenters. The molecule has 21 heavy (non-hydrogen) atoms. The fourth-order valence-electron chi connectivity index (χ4n) is 1.83. The zero-order valence-electron chi connectivity index (χ0n) is 10.3. The van der Waals surface area contributed by atoms with Gasteiger partial charge in [-0.1, -0.05) is 12.1 Å². The van der Waals surface area contributed by atoms with E-state index in [1.54, 1.807) is 0 Å². The maximum atomic E-state index is 13.6. The molecule has 2 aromatic carbocycles. The largest absolute Gasteiger partial charge is 0.416 e. The molecule has 0 spiro atoms. The van der Waals surface area contributed by atoms with Crippen LogP contribution < -0.4 is 0 Å². The van der Waals surface area contributed by atoms with E-state index in [4.69, 9.17) is 4.42 Å². The van der Waals surface area contributed by atoms with Crippen molar-refractivity contribution in [3.63, 3.8) is 0 Å². The third-order valence-corrected chi connectivity index (χ3v) is 2.78. The van der Waals surface area contributed by atoms with E-state index in [2.05, 4.69) is 10.2 Å². The molecule has 0 amide bonds. The molecule has 0 aliphatic rings. The van der Waals surface area contributed by atoms with Crippen molar-refractivity contribution in [2.45, 2.75) is 0 Å². The quantitative estimate of drug-likeness (QED) is 0.671. The highest BCUT2D eigenvalue weighted by atomic mass is 19.1. The summed E-state index contributed by atoms with van der Waals surface area (Å²) in [6.45, 7) is 0. The Kier molecular flexibility index (Phi) is 3.17. The van der Waals surface area contributed by atoms with Crippen molar-refractivity contribution in [3.05, 3.63) is 59.7 Å². The Labute approximate surface area is 115 Å². The predicted molar refractivity (Wildman–Crippen MR) is 65.0 cm³/mol. The summed E-state index contributed by atoms with van der Waals surface area (Å²) in [7, 11) is 0. The summed E-state index contributed by atoms with van der Waals surface area (Å²) in [4.78, 5) is 0. The molecule has 106 valence electrons. The van der Waals surface area contributed by atoms with Gasteiger partial charge in [0.2, 0.25) is 0 Å². The van der Waals surface area contributed by atoms with E-state index >= 15 is 0 Å². The van der Waals surface area contributed by atoms with E-state index in [9.17, 15) is 17.6 Å². The molecule has 7 heteroatoms. The third kappa shape index (κ3) is 2.26. The number of aromatic nitrogens is 2. The first-order valence-corrected chi connectivity index (χ1v) is 5.80. The molecule has 0 saturated heterocycles. The number of benzene rings is 2. The van der Waals surface area contributed by atoms with Crippen molar-refractivity contribution in [3.8, 4) is 22.9 Å². The third-order valence-electron chi connectivity index (χ3n) is 2.78. The Balaban J connectivity index is 2.13. The molecule has 1 aromatic heterocycles. The van der Waals surface area contributed by atoms with Crippen molar-refractivity contribution in [1.82, 2.24) is 10.2 Å². The number of hydrogen-bond acceptors (Lipinski definition) is 3. The Morgan fingerprint density at radius 2 is 0.952 bits per heavy atom. The highest BCUT2D eigenvalue weighted by Crippen LogP contribution is 2.30. The summed E-state index contributed by atoms with van der Waals surface area (Å²) in [6, 6.07) is 6.36. The fraction of sp³-hybridized carbons (Fsp3) is 0. The average molecular weight is 294 g/mol. The minimum Gasteiger partial charge on any atom is -0.416 e. The van der Waals surface area contributed by atoms with E-state index in [0.717, 1.165) is 24.3 Å². The molecule has 0 aliphatic heterocycles. The Bertz CT molecular complexity index is 710. The maximum Gasteiger partial charge on any atom is 0.254 e. The lowest BCUT2D eigenvalue weighted by atomic mass is 10.2. The first-order chi connectivity index (χ1) is 10.1. The lowest BCUT2D eigenvalue weighted by molar-refractivity contribution is 0.534. The minimum atomic E-state index is -0.917. The summed E-state index contributed by atoms with van der Waals surface area (Å²) in [5, 5.41) is 6.87. The van der Waals surface area contributed by atoms with Crippen LogP contribution in [0.25, 0.3) is 22.9 Å². The standard InChI is InChI=1S/C14H6F4N2O/c15-7-3-1-4-8(16)11(7)13-19-20-14(21-13)12-9(17)5-2-6-10(12)18/h1-6H. The number of hydrogen-bond donors (Lipinski definition) is 0. The molecule has 0 radical (unpaired) electrons. The van der Waals surface area contributed by atoms with E-state index < -0.39 is 46.2 Å². The normalized spacial score (nSPS) is 10.9. The van der Waals surface area contributed by atoms with Crippen LogP contribution in [-0.2, 0) is 0 Å². The minimum absolute atomic E-state index is 0.497. The van der Waals surface area contributed by atoms with E-state index in [0.29, 0.717) is 0 Å². The van der Waals surface area contributed by atoms with Crippen molar-refractivity contribution in [2.24, 2.45) is 0 Å². The van der Waals surface area contributed by atoms with Crippen LogP contribution in [0.5, 0.6) is 0 Å². The van der Waals surface area contributed by atoms with Crippen molar-refractivity contribution < 1.29 is 22.0 Å². The van der Waals surface area contributed by atoms with E-state index in [1.807, 2.05) is 0 Å². The second-order valence-electron chi connectivity index (χ2n) is 4.11. The molecule has 3 rings (SSSR count). The van der Waals surface area contributed by atoms with Crippen molar-refractivity contribution in [1.29, 1.82) is 0 Å². The Hall–Kier alpha value is -2.70. The van der Waals surface area contributed by atoms with E-state index in [1.165, 1.54) is 12.1 Å². The monoisotopic (exact) mass is 294 g/mol. The van der Waals surface area contributed by atoms with Gasteiger partial charge in [-0.2, -0.15) is 0 Å². The summed E-state index contributed by atoms with van der Waals surface area (Å²) in [6.07, 6.45) is 0. The van der Waals surface area contributed by atoms with Crippen LogP contribution in [0.4, 0.5) is 17.6 Å². The molecule has 1 heterocycles. The van der Waals surface area contributed by atoms with Gasteiger partial charge in [-0.3, -0.25) is 0 Å². The molecule has 0 fully saturated rings. The summed E-state index contributed by atoms with van der Waals surface area (Å²) in [5.74, 6) is -4.66. The van der Waals surface area contributed by atoms with Gasteiger partial charge in [0.15, 0.2) is 0 Å². The molecule has 0 bridgehead atoms. The molecule has 0 unspecified atom stereocenters. The number of nitrogens with zero attached hydrogens (tertiary/aromatic N) is 2. The molecule has 0 N–H and O–H groups in total. The highest BCUT2D eigenvalue weighted by molar-refractivity contribution is 5.59. The van der Waals surface area contributed by atoms with Gasteiger partial charge in [-0.05, 0) is 24.3 Å². The van der Waals surface area contributed by atoms with Crippen LogP contribution in [0.3, 0.4) is 0 Å². The van der Waals surface area contributed by atoms with Crippen LogP contribution >= 0.6 is 0 Å². The SMILES string of the molecule is Fc1cccc(F)c1-c1nnc(-c2c(F)cccc2F)o1. The van der Waals surface area contributed by atoms with Crippen molar-refractivity contribution in [2.75, 3.05) is 0 Å². The number of rotatable bonds is 2. The average Bonchev–Trinajstić information content (AvgIpc) is 2.87. The Morgan fingerprint density at radius 1 is 0.619 bits per heavy atom. The molecular formula is C14H6F4N2O. The molecule has 3 aromatic rings. The zero-order chi connectivity index (χ0) is 15.0. The lowest BCUT2D eigenvalue weighted by Gasteiger charge is -2.00. The second kappa shape index (κ2) is 5.01. The van der Waals surface area contributed by atoms with Gasteiger partial charge in [0.1, 0.15) is 34.4 Å². The first-order valence-electron chi connectivity index (χ1n) is 5.80. The van der Waals surface area contributed by atoms with Gasteiger partial charge in [0.25, 0.3) is 11.8 Å². The van der Waals surface area contributed by atoms with Crippen LogP contribution in [0, 0.1) is 23.3 Å². The fourth-order valence-corrected chi connectivity index (χ4v) is 1.83. The summed E-state index contributed by atoms with van der Waals surface area (Å²) >= 11 is 0. The van der Waals surface area contributed by atoms with Gasteiger partial charge in [0, 0.05) is 0 Å². The van der Waals surface area contributed by atoms with Gasteiger partial charge in [-0.25, -0.2) is 17.6 Å². The van der Waals surface area contributed by atoms with Gasteiger partial charge in [0.05, 0.1) is 0 Å². The predicted octanol–water partition coefficient (Wildman–Crippen LogP) is 3.96. The van der Waals surface area contributed by atoms with Crippen LogP contribution in [0.2, 0.25) is 0 Å². The lowest BCUT2D eigenvalue weighted by Crippen LogP contribution is -1.89. The maximum absolute atomic E-state index is 13.6. The zero-order valence-corrected chi connectivity index (χ0v) is 10.3. The molecule has 0 saturated carbocycles. The van der Waals surface area contributed by atoms with Crippen molar-refractivity contribution >= 4 is 0 Å². The van der Waals surface area contributed by atoms with Gasteiger partial charge >= 0.3 is 0 Å². The molecular weight excluding hydrogens is 288 g/mol. The Morgan fingerprint density at radius 3 is 1.29 bits per heavy atom. The number of halogens is 4. The first kappa shape index (κ1) is 13.3. The van der Waals surface area contributed by atoms with Crippen LogP contribution in [0.1, 0.15) is 0 Å². The summed E-state index contributed by atoms with van der Waals surface area (Å²) < 4.78 is 59.4. The van der Waals surface area contributed by atoms with Gasteiger partial charge in [-0.15, -0.1) is 10.2 Å². The second-order valence-corrected chi connectivity index (χ2v) is 4.11. The van der Waals surface area contributed by atoms with E-state index in [-0.39, 0.29) is 0 Å². The topological polar surface area (TPSA) is 38.9 Å².